The smallest absolute Gasteiger partial charge is 0.0933 e. The number of fused-ring (bicyclic) bond motifs is 1. The van der Waals surface area contributed by atoms with Gasteiger partial charge in [-0.15, -0.1) is 0 Å². The van der Waals surface area contributed by atoms with Crippen molar-refractivity contribution < 1.29 is 0 Å². The molecule has 1 N–H and O–H groups in total. The molecule has 0 aliphatic carbocycles. The predicted molar refractivity (Wildman–Crippen MR) is 81.1 cm³/mol. The van der Waals surface area contributed by atoms with Crippen LogP contribution >= 0.6 is 27.3 Å². The van der Waals surface area contributed by atoms with E-state index in [4.69, 9.17) is 0 Å². The summed E-state index contributed by atoms with van der Waals surface area (Å²) in [4.78, 5) is 4.43. The molecule has 0 fully saturated rings. The van der Waals surface area contributed by atoms with Gasteiger partial charge in [-0.1, -0.05) is 18.2 Å². The van der Waals surface area contributed by atoms with Gasteiger partial charge in [0.1, 0.15) is 0 Å². The lowest BCUT2D eigenvalue weighted by atomic mass is 10.2. The minimum atomic E-state index is 0.805. The molecule has 0 radical (unpaired) electrons. The minimum absolute atomic E-state index is 0.805. The van der Waals surface area contributed by atoms with E-state index in [1.54, 1.807) is 11.3 Å². The first-order valence-electron chi connectivity index (χ1n) is 5.63. The normalized spacial score (nSPS) is 10.7. The molecule has 2 aromatic heterocycles. The van der Waals surface area contributed by atoms with Crippen LogP contribution in [0.4, 0.5) is 5.69 Å². The van der Waals surface area contributed by atoms with Crippen LogP contribution in [0, 0.1) is 0 Å². The molecule has 90 valence electrons. The monoisotopic (exact) mass is 318 g/mol. The van der Waals surface area contributed by atoms with Crippen LogP contribution < -0.4 is 5.32 Å². The molecule has 0 amide bonds. The molecule has 4 heteroatoms. The maximum Gasteiger partial charge on any atom is 0.0933 e. The predicted octanol–water partition coefficient (Wildman–Crippen LogP) is 4.67. The van der Waals surface area contributed by atoms with Crippen LogP contribution in [0.3, 0.4) is 0 Å². The van der Waals surface area contributed by atoms with Crippen LogP contribution in [0.2, 0.25) is 0 Å². The molecule has 3 rings (SSSR count). The van der Waals surface area contributed by atoms with Gasteiger partial charge in [-0.05, 0) is 39.0 Å². The Morgan fingerprint density at radius 1 is 1.17 bits per heavy atom. The van der Waals surface area contributed by atoms with Gasteiger partial charge in [-0.2, -0.15) is 11.3 Å². The van der Waals surface area contributed by atoms with Crippen molar-refractivity contribution in [3.8, 4) is 0 Å². The number of rotatable bonds is 3. The van der Waals surface area contributed by atoms with E-state index in [0.717, 1.165) is 27.6 Å². The topological polar surface area (TPSA) is 24.9 Å². The summed E-state index contributed by atoms with van der Waals surface area (Å²) >= 11 is 5.25. The Morgan fingerprint density at radius 2 is 2.06 bits per heavy atom. The largest absolute Gasteiger partial charge is 0.379 e. The number of nitrogens with one attached hydrogen (secondary N) is 1. The van der Waals surface area contributed by atoms with Crippen molar-refractivity contribution in [3.63, 3.8) is 0 Å². The quantitative estimate of drug-likeness (QED) is 0.759. The highest BCUT2D eigenvalue weighted by Crippen LogP contribution is 2.25. The Hall–Kier alpha value is -1.39. The van der Waals surface area contributed by atoms with Gasteiger partial charge >= 0.3 is 0 Å². The van der Waals surface area contributed by atoms with E-state index in [0.29, 0.717) is 0 Å². The standard InChI is InChI=1S/C14H11BrN2S/c15-12-9-18-8-11(12)7-17-13-5-1-3-10-4-2-6-16-14(10)13/h1-6,8-9,17H,7H2. The number of aromatic nitrogens is 1. The lowest BCUT2D eigenvalue weighted by Crippen LogP contribution is -1.99. The molecule has 1 aromatic carbocycles. The number of benzene rings is 1. The number of hydrogen-bond acceptors (Lipinski definition) is 3. The first-order chi connectivity index (χ1) is 8.84. The van der Waals surface area contributed by atoms with Crippen LogP contribution in [-0.4, -0.2) is 4.98 Å². The van der Waals surface area contributed by atoms with Gasteiger partial charge in [0.05, 0.1) is 11.2 Å². The summed E-state index contributed by atoms with van der Waals surface area (Å²) in [6.45, 7) is 0.805. The Balaban J connectivity index is 1.89. The fourth-order valence-corrected chi connectivity index (χ4v) is 3.31. The lowest BCUT2D eigenvalue weighted by Gasteiger charge is -2.08. The highest BCUT2D eigenvalue weighted by atomic mass is 79.9. The molecule has 0 spiro atoms. The highest BCUT2D eigenvalue weighted by Gasteiger charge is 2.03. The van der Waals surface area contributed by atoms with E-state index < -0.39 is 0 Å². The summed E-state index contributed by atoms with van der Waals surface area (Å²) in [5.41, 5.74) is 3.37. The number of pyridine rings is 1. The van der Waals surface area contributed by atoms with Crippen molar-refractivity contribution >= 4 is 43.9 Å². The van der Waals surface area contributed by atoms with Gasteiger partial charge in [-0.25, -0.2) is 0 Å². The second-order valence-electron chi connectivity index (χ2n) is 3.98. The average Bonchev–Trinajstić information content (AvgIpc) is 2.82. The molecule has 18 heavy (non-hydrogen) atoms. The maximum absolute atomic E-state index is 4.43. The van der Waals surface area contributed by atoms with Gasteiger partial charge < -0.3 is 5.32 Å². The van der Waals surface area contributed by atoms with Crippen LogP contribution in [0.1, 0.15) is 5.56 Å². The molecule has 2 heterocycles. The average molecular weight is 319 g/mol. The zero-order chi connectivity index (χ0) is 12.4. The second kappa shape index (κ2) is 5.08. The van der Waals surface area contributed by atoms with Crippen LogP contribution in [0.5, 0.6) is 0 Å². The number of nitrogens with zero attached hydrogens (tertiary/aromatic N) is 1. The molecule has 0 bridgehead atoms. The van der Waals surface area contributed by atoms with Gasteiger partial charge in [0.25, 0.3) is 0 Å². The Morgan fingerprint density at radius 3 is 2.89 bits per heavy atom. The third-order valence-electron chi connectivity index (χ3n) is 2.79. The molecule has 0 aliphatic rings. The van der Waals surface area contributed by atoms with Gasteiger partial charge in [-0.3, -0.25) is 4.98 Å². The summed E-state index contributed by atoms with van der Waals surface area (Å²) in [7, 11) is 0. The number of thiophene rings is 1. The fourth-order valence-electron chi connectivity index (χ4n) is 1.87. The number of anilines is 1. The van der Waals surface area contributed by atoms with Crippen molar-refractivity contribution in [2.24, 2.45) is 0 Å². The maximum atomic E-state index is 4.43. The first kappa shape index (κ1) is 11.7. The number of halogens is 1. The third-order valence-corrected chi connectivity index (χ3v) is 4.62. The second-order valence-corrected chi connectivity index (χ2v) is 5.58. The van der Waals surface area contributed by atoms with Crippen LogP contribution in [0.15, 0.2) is 51.8 Å². The summed E-state index contributed by atoms with van der Waals surface area (Å²) in [5, 5.41) is 8.85. The van der Waals surface area contributed by atoms with E-state index in [2.05, 4.69) is 61.3 Å². The van der Waals surface area contributed by atoms with E-state index in [1.807, 2.05) is 12.3 Å². The lowest BCUT2D eigenvalue weighted by molar-refractivity contribution is 1.15. The van der Waals surface area contributed by atoms with E-state index in [-0.39, 0.29) is 0 Å². The molecule has 0 aliphatic heterocycles. The Kier molecular flexibility index (Phi) is 3.30. The van der Waals surface area contributed by atoms with E-state index in [1.165, 1.54) is 5.56 Å². The fraction of sp³-hybridized carbons (Fsp3) is 0.0714. The highest BCUT2D eigenvalue weighted by molar-refractivity contribution is 9.10. The summed E-state index contributed by atoms with van der Waals surface area (Å²) in [6.07, 6.45) is 1.83. The zero-order valence-electron chi connectivity index (χ0n) is 9.56. The van der Waals surface area contributed by atoms with Crippen molar-refractivity contribution in [2.45, 2.75) is 6.54 Å². The van der Waals surface area contributed by atoms with Crippen LogP contribution in [0.25, 0.3) is 10.9 Å². The first-order valence-corrected chi connectivity index (χ1v) is 7.36. The summed E-state index contributed by atoms with van der Waals surface area (Å²) in [5.74, 6) is 0. The van der Waals surface area contributed by atoms with Crippen molar-refractivity contribution in [1.82, 2.24) is 4.98 Å². The van der Waals surface area contributed by atoms with Crippen molar-refractivity contribution in [1.29, 1.82) is 0 Å². The van der Waals surface area contributed by atoms with Crippen molar-refractivity contribution in [3.05, 3.63) is 57.3 Å². The molecule has 2 nitrogen and oxygen atoms in total. The van der Waals surface area contributed by atoms with Crippen LogP contribution in [-0.2, 0) is 6.54 Å². The molecule has 3 aromatic rings. The SMILES string of the molecule is Brc1cscc1CNc1cccc2cccnc12. The van der Waals surface area contributed by atoms with Gasteiger partial charge in [0.15, 0.2) is 0 Å². The van der Waals surface area contributed by atoms with Gasteiger partial charge in [0.2, 0.25) is 0 Å². The zero-order valence-corrected chi connectivity index (χ0v) is 12.0. The third kappa shape index (κ3) is 2.26. The number of hydrogen-bond donors (Lipinski definition) is 1. The van der Waals surface area contributed by atoms with Gasteiger partial charge in [0, 0.05) is 28.0 Å². The summed E-state index contributed by atoms with van der Waals surface area (Å²) < 4.78 is 1.16. The van der Waals surface area contributed by atoms with Crippen molar-refractivity contribution in [2.75, 3.05) is 5.32 Å². The van der Waals surface area contributed by atoms with E-state index >= 15 is 0 Å². The molecular formula is C14H11BrN2S. The molecule has 0 saturated carbocycles. The Labute approximate surface area is 118 Å². The number of para-hydroxylation sites is 1. The summed E-state index contributed by atoms with van der Waals surface area (Å²) in [6, 6.07) is 10.2. The minimum Gasteiger partial charge on any atom is -0.379 e. The molecule has 0 saturated heterocycles. The molecule has 0 unspecified atom stereocenters. The molecular weight excluding hydrogens is 308 g/mol. The molecule has 0 atom stereocenters. The van der Waals surface area contributed by atoms with E-state index in [9.17, 15) is 0 Å². The Bertz CT molecular complexity index is 673.